The molecule has 0 amide bonds. The van der Waals surface area contributed by atoms with E-state index in [1.807, 2.05) is 0 Å². The molecule has 0 spiro atoms. The predicted molar refractivity (Wildman–Crippen MR) is 76.9 cm³/mol. The van der Waals surface area contributed by atoms with Crippen LogP contribution in [0.25, 0.3) is 0 Å². The quantitative estimate of drug-likeness (QED) is 0.575. The highest BCUT2D eigenvalue weighted by Crippen LogP contribution is 2.37. The Bertz CT molecular complexity index is 327. The van der Waals surface area contributed by atoms with Gasteiger partial charge in [0.05, 0.1) is 0 Å². The lowest BCUT2D eigenvalue weighted by Crippen LogP contribution is -2.55. The summed E-state index contributed by atoms with van der Waals surface area (Å²) in [5.41, 5.74) is 0. The average molecular weight is 288 g/mol. The van der Waals surface area contributed by atoms with Crippen LogP contribution in [0.5, 0.6) is 0 Å². The van der Waals surface area contributed by atoms with E-state index in [4.69, 9.17) is 9.16 Å². The Balaban J connectivity index is 2.36. The van der Waals surface area contributed by atoms with Gasteiger partial charge in [-0.25, -0.2) is 0 Å². The largest absolute Gasteiger partial charge is 0.783 e. The molecule has 19 heavy (non-hydrogen) atoms. The normalized spacial score (nSPS) is 25.0. The van der Waals surface area contributed by atoms with Crippen LogP contribution in [0.2, 0.25) is 18.1 Å². The second-order valence-electron chi connectivity index (χ2n) is 6.76. The second kappa shape index (κ2) is 5.91. The van der Waals surface area contributed by atoms with Crippen LogP contribution in [-0.2, 0) is 14.0 Å². The lowest BCUT2D eigenvalue weighted by atomic mass is 9.96. The molecule has 0 radical (unpaired) electrons. The fourth-order valence-corrected chi connectivity index (χ4v) is 2.82. The van der Waals surface area contributed by atoms with Crippen molar-refractivity contribution >= 4 is 14.3 Å². The molecule has 1 aliphatic heterocycles. The molecule has 0 unspecified atom stereocenters. The molecule has 1 rings (SSSR count). The standard InChI is InChI=1S/C13H26NO4Si/c1-10(15)18-12-11(9-14(12)16)7-8-17-19(5,6)13(2,3)4/h11-12H,7-9H2,1-6H3/q-1/t11-,12-/m1/s1. The summed E-state index contributed by atoms with van der Waals surface area (Å²) >= 11 is 0. The fourth-order valence-electron chi connectivity index (χ4n) is 1.76. The Morgan fingerprint density at radius 1 is 1.42 bits per heavy atom. The van der Waals surface area contributed by atoms with E-state index >= 15 is 0 Å². The van der Waals surface area contributed by atoms with Crippen LogP contribution in [-0.4, -0.2) is 38.7 Å². The highest BCUT2D eigenvalue weighted by atomic mass is 28.4. The number of nitrogens with zero attached hydrogens (tertiary/aromatic N) is 1. The van der Waals surface area contributed by atoms with Gasteiger partial charge in [-0.15, -0.1) is 0 Å². The summed E-state index contributed by atoms with van der Waals surface area (Å²) < 4.78 is 11.1. The van der Waals surface area contributed by atoms with E-state index in [-0.39, 0.29) is 11.0 Å². The van der Waals surface area contributed by atoms with Crippen molar-refractivity contribution in [3.8, 4) is 0 Å². The van der Waals surface area contributed by atoms with Crippen LogP contribution in [0.4, 0.5) is 0 Å². The zero-order valence-corrected chi connectivity index (χ0v) is 13.9. The Kier molecular flexibility index (Phi) is 5.17. The minimum absolute atomic E-state index is 0.103. The first-order valence-electron chi connectivity index (χ1n) is 6.79. The van der Waals surface area contributed by atoms with E-state index in [0.29, 0.717) is 13.2 Å². The predicted octanol–water partition coefficient (Wildman–Crippen LogP) is 2.72. The number of esters is 1. The molecule has 0 aliphatic carbocycles. The number of ether oxygens (including phenoxy) is 1. The van der Waals surface area contributed by atoms with E-state index < -0.39 is 20.5 Å². The van der Waals surface area contributed by atoms with Crippen molar-refractivity contribution in [2.24, 2.45) is 5.92 Å². The number of hydrogen-bond donors (Lipinski definition) is 0. The van der Waals surface area contributed by atoms with Crippen molar-refractivity contribution in [3.63, 3.8) is 0 Å². The molecule has 1 aliphatic rings. The number of hydroxylamine groups is 2. The van der Waals surface area contributed by atoms with Gasteiger partial charge in [0, 0.05) is 19.4 Å². The first-order chi connectivity index (χ1) is 8.54. The molecule has 2 atom stereocenters. The van der Waals surface area contributed by atoms with Crippen LogP contribution >= 0.6 is 0 Å². The van der Waals surface area contributed by atoms with Crippen LogP contribution in [0.1, 0.15) is 34.1 Å². The third-order valence-electron chi connectivity index (χ3n) is 4.15. The SMILES string of the molecule is CC(=O)O[C@@H]1[C@H](CCO[Si](C)(C)C(C)(C)C)CN1[O-]. The van der Waals surface area contributed by atoms with E-state index in [1.54, 1.807) is 0 Å². The van der Waals surface area contributed by atoms with Gasteiger partial charge in [-0.2, -0.15) is 0 Å². The lowest BCUT2D eigenvalue weighted by Gasteiger charge is -2.51. The topological polar surface area (TPSA) is 61.8 Å². The van der Waals surface area contributed by atoms with Crippen molar-refractivity contribution in [3.05, 3.63) is 5.21 Å². The number of hydrogen-bond acceptors (Lipinski definition) is 5. The zero-order chi connectivity index (χ0) is 14.8. The average Bonchev–Trinajstić information content (AvgIpc) is 2.23. The summed E-state index contributed by atoms with van der Waals surface area (Å²) in [4.78, 5) is 10.9. The molecule has 0 aromatic rings. The van der Waals surface area contributed by atoms with Gasteiger partial charge in [0.1, 0.15) is 6.23 Å². The van der Waals surface area contributed by atoms with Gasteiger partial charge < -0.3 is 19.4 Å². The summed E-state index contributed by atoms with van der Waals surface area (Å²) in [6.45, 7) is 13.4. The lowest BCUT2D eigenvalue weighted by molar-refractivity contribution is -0.178. The van der Waals surface area contributed by atoms with Crippen LogP contribution in [0.15, 0.2) is 0 Å². The highest BCUT2D eigenvalue weighted by molar-refractivity contribution is 6.74. The Morgan fingerprint density at radius 3 is 2.42 bits per heavy atom. The first-order valence-corrected chi connectivity index (χ1v) is 9.70. The molecule has 0 aromatic heterocycles. The van der Waals surface area contributed by atoms with Gasteiger partial charge in [0.25, 0.3) is 0 Å². The highest BCUT2D eigenvalue weighted by Gasteiger charge is 2.39. The summed E-state index contributed by atoms with van der Waals surface area (Å²) in [5.74, 6) is -0.299. The van der Waals surface area contributed by atoms with Crippen molar-refractivity contribution in [1.82, 2.24) is 5.06 Å². The minimum atomic E-state index is -1.73. The van der Waals surface area contributed by atoms with Gasteiger partial charge in [-0.3, -0.25) is 4.79 Å². The first kappa shape index (κ1) is 16.6. The van der Waals surface area contributed by atoms with Crippen molar-refractivity contribution < 1.29 is 14.0 Å². The van der Waals surface area contributed by atoms with Gasteiger partial charge in [-0.1, -0.05) is 20.8 Å². The van der Waals surface area contributed by atoms with E-state index in [9.17, 15) is 10.0 Å². The minimum Gasteiger partial charge on any atom is -0.783 e. The molecule has 5 nitrogen and oxygen atoms in total. The molecule has 1 saturated heterocycles. The monoisotopic (exact) mass is 288 g/mol. The molecular weight excluding hydrogens is 262 g/mol. The van der Waals surface area contributed by atoms with Gasteiger partial charge in [-0.05, 0) is 31.1 Å². The molecule has 0 N–H and O–H groups in total. The van der Waals surface area contributed by atoms with Crippen molar-refractivity contribution in [1.29, 1.82) is 0 Å². The molecule has 1 heterocycles. The maximum atomic E-state index is 11.3. The number of carbonyl (C=O) groups is 1. The number of carbonyl (C=O) groups excluding carboxylic acids is 1. The Labute approximate surface area is 117 Å². The third kappa shape index (κ3) is 4.27. The Hall–Kier alpha value is -0.433. The summed E-state index contributed by atoms with van der Waals surface area (Å²) in [5, 5.41) is 12.3. The summed E-state index contributed by atoms with van der Waals surface area (Å²) in [7, 11) is -1.73. The second-order valence-corrected chi connectivity index (χ2v) is 11.6. The third-order valence-corrected chi connectivity index (χ3v) is 8.68. The number of rotatable bonds is 5. The van der Waals surface area contributed by atoms with Crippen molar-refractivity contribution in [2.75, 3.05) is 13.2 Å². The van der Waals surface area contributed by atoms with Crippen molar-refractivity contribution in [2.45, 2.75) is 58.5 Å². The molecule has 6 heteroatoms. The van der Waals surface area contributed by atoms with E-state index in [0.717, 1.165) is 11.5 Å². The zero-order valence-electron chi connectivity index (χ0n) is 12.9. The fraction of sp³-hybridized carbons (Fsp3) is 0.923. The van der Waals surface area contributed by atoms with Gasteiger partial charge in [0.2, 0.25) is 0 Å². The van der Waals surface area contributed by atoms with Crippen LogP contribution in [0, 0.1) is 11.1 Å². The van der Waals surface area contributed by atoms with Gasteiger partial charge >= 0.3 is 5.97 Å². The molecule has 1 fully saturated rings. The molecule has 112 valence electrons. The molecule has 0 bridgehead atoms. The summed E-state index contributed by atoms with van der Waals surface area (Å²) in [6, 6.07) is 0. The smallest absolute Gasteiger partial charge is 0.304 e. The maximum Gasteiger partial charge on any atom is 0.304 e. The maximum absolute atomic E-state index is 11.3. The van der Waals surface area contributed by atoms with Gasteiger partial charge in [0.15, 0.2) is 8.32 Å². The van der Waals surface area contributed by atoms with E-state index in [2.05, 4.69) is 33.9 Å². The summed E-state index contributed by atoms with van der Waals surface area (Å²) in [6.07, 6.45) is 0.156. The Morgan fingerprint density at radius 2 is 2.00 bits per heavy atom. The van der Waals surface area contributed by atoms with E-state index in [1.165, 1.54) is 6.92 Å². The van der Waals surface area contributed by atoms with Crippen LogP contribution in [0.3, 0.4) is 0 Å². The van der Waals surface area contributed by atoms with Crippen LogP contribution < -0.4 is 0 Å². The molecular formula is C13H26NO4Si-. The molecule has 0 aromatic carbocycles. The molecule has 0 saturated carbocycles.